The summed E-state index contributed by atoms with van der Waals surface area (Å²) < 4.78 is 0. The predicted molar refractivity (Wildman–Crippen MR) is 60.7 cm³/mol. The fourth-order valence-corrected chi connectivity index (χ4v) is 2.43. The van der Waals surface area contributed by atoms with E-state index in [1.807, 2.05) is 11.9 Å². The Hall–Kier alpha value is -0.570. The number of nitrogens with one attached hydrogen (secondary N) is 1. The number of hydrogen-bond donors (Lipinski definition) is 1. The quantitative estimate of drug-likeness (QED) is 0.766. The van der Waals surface area contributed by atoms with Gasteiger partial charge in [-0.15, -0.1) is 0 Å². The van der Waals surface area contributed by atoms with E-state index in [1.165, 1.54) is 38.5 Å². The minimum absolute atomic E-state index is 0.332. The number of rotatable bonds is 3. The van der Waals surface area contributed by atoms with E-state index >= 15 is 0 Å². The van der Waals surface area contributed by atoms with Crippen LogP contribution >= 0.6 is 0 Å². The number of hydrogen-bond acceptors (Lipinski definition) is 2. The number of carbonyl (C=O) groups is 1. The van der Waals surface area contributed by atoms with Crippen LogP contribution in [-0.4, -0.2) is 36.5 Å². The van der Waals surface area contributed by atoms with Crippen molar-refractivity contribution in [3.63, 3.8) is 0 Å². The maximum atomic E-state index is 11.9. The minimum Gasteiger partial charge on any atom is -0.343 e. The first kappa shape index (κ1) is 10.9. The van der Waals surface area contributed by atoms with E-state index in [9.17, 15) is 4.79 Å². The zero-order valence-corrected chi connectivity index (χ0v) is 9.67. The topological polar surface area (TPSA) is 32.3 Å². The average Bonchev–Trinajstić information content (AvgIpc) is 2.16. The van der Waals surface area contributed by atoms with Crippen LogP contribution in [0.4, 0.5) is 0 Å². The molecule has 2 aliphatic rings. The molecule has 86 valence electrons. The van der Waals surface area contributed by atoms with Crippen molar-refractivity contribution in [2.75, 3.05) is 13.6 Å². The van der Waals surface area contributed by atoms with E-state index in [0.717, 1.165) is 6.54 Å². The van der Waals surface area contributed by atoms with Crippen LogP contribution in [0.25, 0.3) is 0 Å². The Bertz CT molecular complexity index is 220. The zero-order chi connectivity index (χ0) is 10.7. The molecule has 1 N–H and O–H groups in total. The van der Waals surface area contributed by atoms with Gasteiger partial charge in [-0.25, -0.2) is 0 Å². The van der Waals surface area contributed by atoms with Gasteiger partial charge in [-0.1, -0.05) is 6.42 Å². The van der Waals surface area contributed by atoms with Crippen molar-refractivity contribution in [2.45, 2.75) is 57.0 Å². The van der Waals surface area contributed by atoms with Crippen molar-refractivity contribution in [2.24, 2.45) is 0 Å². The Morgan fingerprint density at radius 2 is 2.07 bits per heavy atom. The monoisotopic (exact) mass is 210 g/mol. The molecule has 1 aliphatic carbocycles. The van der Waals surface area contributed by atoms with Crippen molar-refractivity contribution in [1.82, 2.24) is 10.2 Å². The average molecular weight is 210 g/mol. The number of nitrogens with zero attached hydrogens (tertiary/aromatic N) is 1. The van der Waals surface area contributed by atoms with Crippen LogP contribution in [0.15, 0.2) is 0 Å². The van der Waals surface area contributed by atoms with Gasteiger partial charge in [-0.05, 0) is 38.6 Å². The Morgan fingerprint density at radius 1 is 1.27 bits per heavy atom. The maximum absolute atomic E-state index is 11.9. The number of carbonyl (C=O) groups excluding carboxylic acids is 1. The highest BCUT2D eigenvalue weighted by Gasteiger charge is 2.27. The molecular weight excluding hydrogens is 188 g/mol. The molecule has 0 spiro atoms. The van der Waals surface area contributed by atoms with E-state index in [2.05, 4.69) is 5.32 Å². The first-order valence-corrected chi connectivity index (χ1v) is 6.26. The Balaban J connectivity index is 1.74. The van der Waals surface area contributed by atoms with Gasteiger partial charge in [-0.2, -0.15) is 0 Å². The highest BCUT2D eigenvalue weighted by molar-refractivity contribution is 5.77. The lowest BCUT2D eigenvalue weighted by Crippen LogP contribution is -2.45. The van der Waals surface area contributed by atoms with Crippen LogP contribution in [0.3, 0.4) is 0 Å². The lowest BCUT2D eigenvalue weighted by molar-refractivity contribution is -0.134. The lowest BCUT2D eigenvalue weighted by Gasteiger charge is -2.36. The molecule has 0 bridgehead atoms. The van der Waals surface area contributed by atoms with Crippen LogP contribution < -0.4 is 5.32 Å². The smallest absolute Gasteiger partial charge is 0.224 e. The molecule has 0 radical (unpaired) electrons. The van der Waals surface area contributed by atoms with Crippen LogP contribution in [-0.2, 0) is 4.79 Å². The van der Waals surface area contributed by atoms with Gasteiger partial charge < -0.3 is 10.2 Å². The Morgan fingerprint density at radius 3 is 2.60 bits per heavy atom. The van der Waals surface area contributed by atoms with Crippen LogP contribution in [0.2, 0.25) is 0 Å². The van der Waals surface area contributed by atoms with Gasteiger partial charge in [0.05, 0.1) is 0 Å². The molecule has 1 aliphatic heterocycles. The summed E-state index contributed by atoms with van der Waals surface area (Å²) in [6, 6.07) is 0.981. The molecule has 1 atom stereocenters. The van der Waals surface area contributed by atoms with Crippen molar-refractivity contribution in [1.29, 1.82) is 0 Å². The van der Waals surface area contributed by atoms with Gasteiger partial charge in [0.25, 0.3) is 0 Å². The minimum atomic E-state index is 0.332. The molecule has 1 unspecified atom stereocenters. The third-order valence-corrected chi connectivity index (χ3v) is 3.85. The Kier molecular flexibility index (Phi) is 3.62. The molecule has 15 heavy (non-hydrogen) atoms. The summed E-state index contributed by atoms with van der Waals surface area (Å²) in [4.78, 5) is 13.9. The summed E-state index contributed by atoms with van der Waals surface area (Å²) in [5.41, 5.74) is 0. The summed E-state index contributed by atoms with van der Waals surface area (Å²) in [6.45, 7) is 1.09. The zero-order valence-electron chi connectivity index (χ0n) is 9.67. The number of amides is 1. The van der Waals surface area contributed by atoms with Gasteiger partial charge in [0.2, 0.25) is 5.91 Å². The first-order chi connectivity index (χ1) is 7.27. The lowest BCUT2D eigenvalue weighted by atomic mass is 9.91. The van der Waals surface area contributed by atoms with Crippen molar-refractivity contribution in [3.05, 3.63) is 0 Å². The molecule has 2 rings (SSSR count). The first-order valence-electron chi connectivity index (χ1n) is 6.26. The summed E-state index contributed by atoms with van der Waals surface area (Å²) in [5, 5.41) is 3.43. The van der Waals surface area contributed by atoms with E-state index in [1.54, 1.807) is 0 Å². The van der Waals surface area contributed by atoms with Crippen LogP contribution in [0.1, 0.15) is 44.9 Å². The maximum Gasteiger partial charge on any atom is 0.224 e. The Labute approximate surface area is 92.2 Å². The summed E-state index contributed by atoms with van der Waals surface area (Å²) in [5.74, 6) is 0.332. The molecule has 1 saturated carbocycles. The molecule has 0 aromatic heterocycles. The second kappa shape index (κ2) is 4.97. The van der Waals surface area contributed by atoms with Crippen molar-refractivity contribution in [3.8, 4) is 0 Å². The molecule has 1 saturated heterocycles. The molecule has 1 amide bonds. The molecule has 0 aromatic carbocycles. The standard InChI is InChI=1S/C12H22N2O/c1-14(11-6-4-7-11)12(15)9-10-5-2-3-8-13-10/h10-11,13H,2-9H2,1H3. The molecule has 2 fully saturated rings. The van der Waals surface area contributed by atoms with Crippen LogP contribution in [0, 0.1) is 0 Å². The highest BCUT2D eigenvalue weighted by atomic mass is 16.2. The third kappa shape index (κ3) is 2.71. The van der Waals surface area contributed by atoms with Gasteiger partial charge >= 0.3 is 0 Å². The summed E-state index contributed by atoms with van der Waals surface area (Å²) in [6.07, 6.45) is 8.13. The summed E-state index contributed by atoms with van der Waals surface area (Å²) in [7, 11) is 1.97. The van der Waals surface area contributed by atoms with Crippen molar-refractivity contribution < 1.29 is 4.79 Å². The predicted octanol–water partition coefficient (Wildman–Crippen LogP) is 1.53. The fraction of sp³-hybridized carbons (Fsp3) is 0.917. The highest BCUT2D eigenvalue weighted by Crippen LogP contribution is 2.24. The normalized spacial score (nSPS) is 27.1. The second-order valence-electron chi connectivity index (χ2n) is 4.94. The van der Waals surface area contributed by atoms with Crippen LogP contribution in [0.5, 0.6) is 0 Å². The molecular formula is C12H22N2O. The second-order valence-corrected chi connectivity index (χ2v) is 4.94. The van der Waals surface area contributed by atoms with Gasteiger partial charge in [0.1, 0.15) is 0 Å². The molecule has 3 nitrogen and oxygen atoms in total. The van der Waals surface area contributed by atoms with Gasteiger partial charge in [-0.3, -0.25) is 4.79 Å². The van der Waals surface area contributed by atoms with Crippen molar-refractivity contribution >= 4 is 5.91 Å². The summed E-state index contributed by atoms with van der Waals surface area (Å²) >= 11 is 0. The molecule has 3 heteroatoms. The molecule has 0 aromatic rings. The van der Waals surface area contributed by atoms with E-state index in [0.29, 0.717) is 24.4 Å². The van der Waals surface area contributed by atoms with E-state index in [-0.39, 0.29) is 0 Å². The third-order valence-electron chi connectivity index (χ3n) is 3.85. The van der Waals surface area contributed by atoms with Gasteiger partial charge in [0, 0.05) is 25.6 Å². The fourth-order valence-electron chi connectivity index (χ4n) is 2.43. The largest absolute Gasteiger partial charge is 0.343 e. The molecule has 1 heterocycles. The number of piperidine rings is 1. The van der Waals surface area contributed by atoms with E-state index in [4.69, 9.17) is 0 Å². The van der Waals surface area contributed by atoms with Gasteiger partial charge in [0.15, 0.2) is 0 Å². The van der Waals surface area contributed by atoms with E-state index < -0.39 is 0 Å². The SMILES string of the molecule is CN(C(=O)CC1CCCCN1)C1CCC1.